The fourth-order valence-corrected chi connectivity index (χ4v) is 1.20. The Bertz CT molecular complexity index is 371. The van der Waals surface area contributed by atoms with Crippen LogP contribution >= 0.6 is 35.6 Å². The average molecular weight is 285 g/mol. The van der Waals surface area contributed by atoms with Crippen LogP contribution in [0.1, 0.15) is 13.3 Å². The third-order valence-corrected chi connectivity index (χ3v) is 2.47. The minimum absolute atomic E-state index is 0. The third kappa shape index (κ3) is 4.35. The van der Waals surface area contributed by atoms with Crippen LogP contribution in [0.15, 0.2) is 23.4 Å². The monoisotopic (exact) mass is 283 g/mol. The lowest BCUT2D eigenvalue weighted by Gasteiger charge is -2.09. The topological polar surface area (TPSA) is 56.7 Å². The van der Waals surface area contributed by atoms with Crippen LogP contribution in [0.25, 0.3) is 0 Å². The maximum absolute atomic E-state index is 8.54. The molecule has 0 atom stereocenters. The lowest BCUT2D eigenvalue weighted by Crippen LogP contribution is -2.28. The van der Waals surface area contributed by atoms with Crippen molar-refractivity contribution >= 4 is 47.1 Å². The molecule has 0 fully saturated rings. The number of oxime groups is 1. The molecule has 0 heterocycles. The summed E-state index contributed by atoms with van der Waals surface area (Å²) in [5.74, 6) is 0.432. The maximum atomic E-state index is 8.54. The highest BCUT2D eigenvalue weighted by molar-refractivity contribution is 6.42. The second kappa shape index (κ2) is 7.44. The first-order chi connectivity index (χ1) is 7.17. The number of nitrogens with one attached hydrogen (secondary N) is 2. The molecule has 1 aromatic carbocycles. The van der Waals surface area contributed by atoms with Gasteiger partial charge in [-0.2, -0.15) is 0 Å². The molecule has 1 aromatic rings. The van der Waals surface area contributed by atoms with Crippen molar-refractivity contribution < 1.29 is 5.21 Å². The summed E-state index contributed by atoms with van der Waals surface area (Å²) in [5.41, 5.74) is 6.30. The van der Waals surface area contributed by atoms with Gasteiger partial charge in [-0.05, 0) is 18.2 Å². The Labute approximate surface area is 110 Å². The second-order valence-corrected chi connectivity index (χ2v) is 3.59. The van der Waals surface area contributed by atoms with Gasteiger partial charge in [0.25, 0.3) is 0 Å². The lowest BCUT2D eigenvalue weighted by atomic mass is 10.3. The molecule has 16 heavy (non-hydrogen) atoms. The summed E-state index contributed by atoms with van der Waals surface area (Å²) in [5, 5.41) is 12.5. The van der Waals surface area contributed by atoms with Crippen molar-refractivity contribution in [1.29, 1.82) is 0 Å². The Balaban J connectivity index is 0.00000225. The molecule has 0 aliphatic rings. The molecule has 0 radical (unpaired) electrons. The maximum Gasteiger partial charge on any atom is 0.159 e. The summed E-state index contributed by atoms with van der Waals surface area (Å²) in [7, 11) is 0. The van der Waals surface area contributed by atoms with E-state index in [1.54, 1.807) is 18.2 Å². The molecule has 4 nitrogen and oxygen atoms in total. The molecule has 0 bridgehead atoms. The van der Waals surface area contributed by atoms with Gasteiger partial charge in [-0.3, -0.25) is 10.9 Å². The number of halogens is 3. The molecular weight excluding hydrogens is 272 g/mol. The van der Waals surface area contributed by atoms with E-state index in [-0.39, 0.29) is 12.4 Å². The van der Waals surface area contributed by atoms with Gasteiger partial charge in [0.15, 0.2) is 5.84 Å². The van der Waals surface area contributed by atoms with Gasteiger partial charge in [-0.25, -0.2) is 0 Å². The van der Waals surface area contributed by atoms with Gasteiger partial charge in [0.05, 0.1) is 15.7 Å². The average Bonchev–Trinajstić information content (AvgIpc) is 2.24. The molecule has 3 N–H and O–H groups in total. The number of hydrogen-bond donors (Lipinski definition) is 3. The van der Waals surface area contributed by atoms with E-state index < -0.39 is 0 Å². The first-order valence-electron chi connectivity index (χ1n) is 4.35. The number of hydrazine groups is 1. The van der Waals surface area contributed by atoms with E-state index >= 15 is 0 Å². The molecule has 0 saturated carbocycles. The van der Waals surface area contributed by atoms with Gasteiger partial charge in [0.1, 0.15) is 0 Å². The quantitative estimate of drug-likeness (QED) is 0.344. The van der Waals surface area contributed by atoms with Crippen LogP contribution in [0.5, 0.6) is 0 Å². The number of anilines is 1. The lowest BCUT2D eigenvalue weighted by molar-refractivity contribution is 0.315. The van der Waals surface area contributed by atoms with Gasteiger partial charge in [-0.15, -0.1) is 12.4 Å². The molecule has 0 aliphatic heterocycles. The minimum atomic E-state index is 0. The van der Waals surface area contributed by atoms with E-state index in [2.05, 4.69) is 16.0 Å². The zero-order valence-corrected chi connectivity index (χ0v) is 10.8. The van der Waals surface area contributed by atoms with Crippen LogP contribution in [-0.4, -0.2) is 11.0 Å². The predicted octanol–water partition coefficient (Wildman–Crippen LogP) is 3.53. The van der Waals surface area contributed by atoms with Gasteiger partial charge in [0, 0.05) is 6.42 Å². The molecule has 0 amide bonds. The number of amidine groups is 1. The molecule has 0 saturated heterocycles. The Hall–Kier alpha value is -0.840. The van der Waals surface area contributed by atoms with E-state index in [0.717, 1.165) is 5.69 Å². The minimum Gasteiger partial charge on any atom is -0.409 e. The molecule has 7 heteroatoms. The van der Waals surface area contributed by atoms with E-state index in [0.29, 0.717) is 22.3 Å². The number of rotatable bonds is 3. The van der Waals surface area contributed by atoms with Crippen LogP contribution in [0.2, 0.25) is 10.0 Å². The van der Waals surface area contributed by atoms with Crippen LogP contribution in [0.4, 0.5) is 5.69 Å². The van der Waals surface area contributed by atoms with Crippen molar-refractivity contribution in [3.63, 3.8) is 0 Å². The summed E-state index contributed by atoms with van der Waals surface area (Å²) >= 11 is 11.6. The van der Waals surface area contributed by atoms with Gasteiger partial charge < -0.3 is 5.21 Å². The van der Waals surface area contributed by atoms with Crippen molar-refractivity contribution in [3.05, 3.63) is 28.2 Å². The number of benzene rings is 1. The fraction of sp³-hybridized carbons (Fsp3) is 0.222. The van der Waals surface area contributed by atoms with Crippen LogP contribution < -0.4 is 10.9 Å². The standard InChI is InChI=1S/C9H11Cl2N3O.ClH/c1-2-9(14-15)13-12-6-3-4-7(10)8(11)5-6;/h3-5,12,15H,2H2,1H3,(H,13,14);1H. The summed E-state index contributed by atoms with van der Waals surface area (Å²) in [4.78, 5) is 0. The van der Waals surface area contributed by atoms with E-state index in [1.807, 2.05) is 6.92 Å². The molecule has 90 valence electrons. The number of hydrogen-bond acceptors (Lipinski definition) is 3. The first kappa shape index (κ1) is 15.2. The van der Waals surface area contributed by atoms with Crippen molar-refractivity contribution in [2.24, 2.45) is 5.16 Å². The van der Waals surface area contributed by atoms with Gasteiger partial charge >= 0.3 is 0 Å². The largest absolute Gasteiger partial charge is 0.409 e. The Morgan fingerprint density at radius 2 is 2.06 bits per heavy atom. The van der Waals surface area contributed by atoms with Crippen LogP contribution in [0, 0.1) is 0 Å². The summed E-state index contributed by atoms with van der Waals surface area (Å²) < 4.78 is 0. The zero-order valence-electron chi connectivity index (χ0n) is 8.50. The van der Waals surface area contributed by atoms with Crippen molar-refractivity contribution in [2.75, 3.05) is 5.43 Å². The third-order valence-electron chi connectivity index (χ3n) is 1.73. The van der Waals surface area contributed by atoms with Gasteiger partial charge in [-0.1, -0.05) is 35.3 Å². The highest BCUT2D eigenvalue weighted by Crippen LogP contribution is 2.24. The van der Waals surface area contributed by atoms with Crippen LogP contribution in [-0.2, 0) is 0 Å². The fourth-order valence-electron chi connectivity index (χ4n) is 0.902. The van der Waals surface area contributed by atoms with Crippen molar-refractivity contribution in [3.8, 4) is 0 Å². The molecule has 0 aromatic heterocycles. The SMILES string of the molecule is CCC(=NO)NNc1ccc(Cl)c(Cl)c1.Cl. The van der Waals surface area contributed by atoms with E-state index in [9.17, 15) is 0 Å². The molecule has 0 aliphatic carbocycles. The Morgan fingerprint density at radius 1 is 1.38 bits per heavy atom. The van der Waals surface area contributed by atoms with E-state index in [1.165, 1.54) is 0 Å². The highest BCUT2D eigenvalue weighted by Gasteiger charge is 1.99. The first-order valence-corrected chi connectivity index (χ1v) is 5.11. The molecule has 1 rings (SSSR count). The van der Waals surface area contributed by atoms with E-state index in [4.69, 9.17) is 28.4 Å². The summed E-state index contributed by atoms with van der Waals surface area (Å²) in [6.07, 6.45) is 0.588. The highest BCUT2D eigenvalue weighted by atomic mass is 35.5. The molecule has 0 spiro atoms. The predicted molar refractivity (Wildman–Crippen MR) is 70.0 cm³/mol. The summed E-state index contributed by atoms with van der Waals surface area (Å²) in [6.45, 7) is 1.86. The smallest absolute Gasteiger partial charge is 0.159 e. The zero-order chi connectivity index (χ0) is 11.3. The van der Waals surface area contributed by atoms with Gasteiger partial charge in [0.2, 0.25) is 0 Å². The number of nitrogens with zero attached hydrogens (tertiary/aromatic N) is 1. The molecular formula is C9H12Cl3N3O. The van der Waals surface area contributed by atoms with Crippen LogP contribution in [0.3, 0.4) is 0 Å². The van der Waals surface area contributed by atoms with Crippen molar-refractivity contribution in [1.82, 2.24) is 5.43 Å². The molecule has 0 unspecified atom stereocenters. The Kier molecular flexibility index (Phi) is 7.05. The second-order valence-electron chi connectivity index (χ2n) is 2.78. The normalized spacial score (nSPS) is 10.6. The summed E-state index contributed by atoms with van der Waals surface area (Å²) in [6, 6.07) is 5.10. The Morgan fingerprint density at radius 3 is 2.56 bits per heavy atom. The van der Waals surface area contributed by atoms with Crippen molar-refractivity contribution in [2.45, 2.75) is 13.3 Å².